The standard InChI is InChI=1S/C22H23N5O3/c1-24-13-17(21(29)26-11-9-25(10-12-26)20(28)15-7-8-15)19-18(14-24)22(30)27(23-19)16-5-3-2-4-6-16/h2-6,13-15H,7-12H2,1H3. The molecule has 1 aliphatic carbocycles. The molecule has 0 spiro atoms. The van der Waals surface area contributed by atoms with E-state index in [1.165, 1.54) is 4.68 Å². The fourth-order valence-corrected chi connectivity index (χ4v) is 4.03. The summed E-state index contributed by atoms with van der Waals surface area (Å²) in [5.74, 6) is 0.248. The number of hydrogen-bond acceptors (Lipinski definition) is 4. The molecule has 5 rings (SSSR count). The summed E-state index contributed by atoms with van der Waals surface area (Å²) in [6.07, 6.45) is 5.39. The predicted octanol–water partition coefficient (Wildman–Crippen LogP) is 1.37. The Morgan fingerprint density at radius 2 is 1.63 bits per heavy atom. The normalized spacial score (nSPS) is 16.8. The highest BCUT2D eigenvalue weighted by Gasteiger charge is 2.36. The number of fused-ring (bicyclic) bond motifs is 1. The summed E-state index contributed by atoms with van der Waals surface area (Å²) < 4.78 is 3.06. The third-order valence-corrected chi connectivity index (χ3v) is 5.83. The Bertz CT molecular complexity index is 1140. The minimum absolute atomic E-state index is 0.160. The number of rotatable bonds is 3. The molecule has 8 heteroatoms. The van der Waals surface area contributed by atoms with Gasteiger partial charge in [0.2, 0.25) is 5.91 Å². The summed E-state index contributed by atoms with van der Waals surface area (Å²) >= 11 is 0. The molecule has 3 heterocycles. The van der Waals surface area contributed by atoms with E-state index in [4.69, 9.17) is 0 Å². The fourth-order valence-electron chi connectivity index (χ4n) is 4.03. The van der Waals surface area contributed by atoms with E-state index in [2.05, 4.69) is 5.10 Å². The number of hydrogen-bond donors (Lipinski definition) is 0. The van der Waals surface area contributed by atoms with Gasteiger partial charge in [-0.25, -0.2) is 0 Å². The van der Waals surface area contributed by atoms with Crippen molar-refractivity contribution in [3.63, 3.8) is 0 Å². The minimum atomic E-state index is -0.249. The quantitative estimate of drug-likeness (QED) is 0.659. The lowest BCUT2D eigenvalue weighted by atomic mass is 10.1. The molecule has 1 saturated heterocycles. The van der Waals surface area contributed by atoms with Crippen molar-refractivity contribution < 1.29 is 9.59 Å². The zero-order valence-corrected chi connectivity index (χ0v) is 16.8. The highest BCUT2D eigenvalue weighted by molar-refractivity contribution is 6.00. The first-order chi connectivity index (χ1) is 14.5. The van der Waals surface area contributed by atoms with E-state index in [-0.39, 0.29) is 23.3 Å². The Morgan fingerprint density at radius 3 is 2.30 bits per heavy atom. The number of carbonyl (C=O) groups excluding carboxylic acids is 2. The molecule has 4 aliphatic rings. The number of aromatic nitrogens is 3. The van der Waals surface area contributed by atoms with Crippen LogP contribution in [0.5, 0.6) is 0 Å². The van der Waals surface area contributed by atoms with Crippen LogP contribution in [0.3, 0.4) is 0 Å². The van der Waals surface area contributed by atoms with Crippen molar-refractivity contribution in [2.45, 2.75) is 12.8 Å². The summed E-state index contributed by atoms with van der Waals surface area (Å²) in [6, 6.07) is 9.18. The number of para-hydroxylation sites is 1. The highest BCUT2D eigenvalue weighted by atomic mass is 16.2. The number of amides is 2. The Hall–Kier alpha value is -3.42. The fraction of sp³-hybridized carbons (Fsp3) is 0.364. The van der Waals surface area contributed by atoms with Gasteiger partial charge in [-0.15, -0.1) is 0 Å². The van der Waals surface area contributed by atoms with E-state index in [1.54, 1.807) is 28.9 Å². The molecule has 0 bridgehead atoms. The van der Waals surface area contributed by atoms with E-state index in [1.807, 2.05) is 35.2 Å². The van der Waals surface area contributed by atoms with Crippen molar-refractivity contribution in [3.05, 3.63) is 58.6 Å². The van der Waals surface area contributed by atoms with Crippen LogP contribution >= 0.6 is 0 Å². The average Bonchev–Trinajstić information content (AvgIpc) is 3.57. The molecule has 1 saturated carbocycles. The molecular formula is C22H23N5O3. The van der Waals surface area contributed by atoms with Gasteiger partial charge in [-0.1, -0.05) is 18.2 Å². The van der Waals surface area contributed by atoms with Gasteiger partial charge in [-0.2, -0.15) is 9.78 Å². The third kappa shape index (κ3) is 3.18. The molecule has 0 radical (unpaired) electrons. The van der Waals surface area contributed by atoms with Crippen LogP contribution in [-0.2, 0) is 11.8 Å². The van der Waals surface area contributed by atoms with Gasteiger partial charge in [0.1, 0.15) is 5.69 Å². The Balaban J connectivity index is 1.44. The Kier molecular flexibility index (Phi) is 4.42. The lowest BCUT2D eigenvalue weighted by Crippen LogP contribution is -2.51. The van der Waals surface area contributed by atoms with Crippen LogP contribution in [0, 0.1) is 5.92 Å². The van der Waals surface area contributed by atoms with Gasteiger partial charge in [0.25, 0.3) is 11.5 Å². The average molecular weight is 405 g/mol. The maximum Gasteiger partial charge on any atom is 0.282 e. The van der Waals surface area contributed by atoms with Crippen LogP contribution in [0.2, 0.25) is 0 Å². The van der Waals surface area contributed by atoms with Gasteiger partial charge >= 0.3 is 0 Å². The minimum Gasteiger partial charge on any atom is -0.356 e. The van der Waals surface area contributed by atoms with Gasteiger partial charge in [-0.3, -0.25) is 14.4 Å². The van der Waals surface area contributed by atoms with Crippen LogP contribution < -0.4 is 5.56 Å². The van der Waals surface area contributed by atoms with Gasteiger partial charge in [-0.05, 0) is 25.0 Å². The van der Waals surface area contributed by atoms with Crippen LogP contribution in [0.4, 0.5) is 0 Å². The van der Waals surface area contributed by atoms with Crippen LogP contribution in [0.1, 0.15) is 23.2 Å². The number of piperazine rings is 1. The first-order valence-electron chi connectivity index (χ1n) is 10.3. The lowest BCUT2D eigenvalue weighted by Gasteiger charge is -2.35. The smallest absolute Gasteiger partial charge is 0.282 e. The number of carbonyl (C=O) groups is 2. The molecule has 154 valence electrons. The van der Waals surface area contributed by atoms with Crippen molar-refractivity contribution in [1.82, 2.24) is 24.1 Å². The number of benzene rings is 1. The maximum absolute atomic E-state index is 13.3. The summed E-state index contributed by atoms with van der Waals surface area (Å²) in [5, 5.41) is 4.49. The van der Waals surface area contributed by atoms with E-state index in [9.17, 15) is 14.4 Å². The first-order valence-corrected chi connectivity index (χ1v) is 10.3. The van der Waals surface area contributed by atoms with Crippen LogP contribution in [0.15, 0.2) is 47.5 Å². The third-order valence-electron chi connectivity index (χ3n) is 5.83. The molecule has 8 nitrogen and oxygen atoms in total. The SMILES string of the molecule is Cn1cc(C(=O)N2CCN(C(=O)C3CC3)CC2)c2nn(-c3ccccc3)c(=O)c-2c1. The second kappa shape index (κ2) is 7.12. The zero-order chi connectivity index (χ0) is 20.8. The van der Waals surface area contributed by atoms with Gasteiger partial charge in [0.15, 0.2) is 0 Å². The van der Waals surface area contributed by atoms with Crippen LogP contribution in [-0.4, -0.2) is 62.1 Å². The van der Waals surface area contributed by atoms with Crippen LogP contribution in [0.25, 0.3) is 16.9 Å². The second-order valence-electron chi connectivity index (χ2n) is 8.04. The number of aryl methyl sites for hydroxylation is 1. The van der Waals surface area contributed by atoms with E-state index in [0.717, 1.165) is 12.8 Å². The van der Waals surface area contributed by atoms with Gasteiger partial charge in [0.05, 0.1) is 16.8 Å². The first kappa shape index (κ1) is 18.6. The number of nitrogens with zero attached hydrogens (tertiary/aromatic N) is 5. The Morgan fingerprint density at radius 1 is 0.967 bits per heavy atom. The van der Waals surface area contributed by atoms with Crippen molar-refractivity contribution >= 4 is 11.8 Å². The number of pyridine rings is 1. The molecule has 3 aliphatic heterocycles. The second-order valence-corrected chi connectivity index (χ2v) is 8.04. The largest absolute Gasteiger partial charge is 0.356 e. The maximum atomic E-state index is 13.3. The van der Waals surface area contributed by atoms with E-state index < -0.39 is 0 Å². The molecule has 0 unspecified atom stereocenters. The van der Waals surface area contributed by atoms with Crippen molar-refractivity contribution in [3.8, 4) is 16.9 Å². The summed E-state index contributed by atoms with van der Waals surface area (Å²) in [5.41, 5.74) is 1.63. The molecule has 0 atom stereocenters. The summed E-state index contributed by atoms with van der Waals surface area (Å²) in [4.78, 5) is 42.1. The molecule has 1 aromatic rings. The van der Waals surface area contributed by atoms with E-state index >= 15 is 0 Å². The highest BCUT2D eigenvalue weighted by Crippen LogP contribution is 2.31. The molecule has 30 heavy (non-hydrogen) atoms. The lowest BCUT2D eigenvalue weighted by molar-refractivity contribution is -0.134. The van der Waals surface area contributed by atoms with Gasteiger partial charge in [0, 0.05) is 51.5 Å². The summed E-state index contributed by atoms with van der Waals surface area (Å²) in [7, 11) is 1.79. The molecule has 1 aromatic carbocycles. The predicted molar refractivity (Wildman–Crippen MR) is 111 cm³/mol. The van der Waals surface area contributed by atoms with Crippen molar-refractivity contribution in [2.24, 2.45) is 13.0 Å². The molecule has 2 amide bonds. The molecular weight excluding hydrogens is 382 g/mol. The van der Waals surface area contributed by atoms with Crippen molar-refractivity contribution in [1.29, 1.82) is 0 Å². The van der Waals surface area contributed by atoms with E-state index in [0.29, 0.717) is 48.7 Å². The molecule has 0 aromatic heterocycles. The zero-order valence-electron chi connectivity index (χ0n) is 16.8. The van der Waals surface area contributed by atoms with Gasteiger partial charge < -0.3 is 14.4 Å². The monoisotopic (exact) mass is 405 g/mol. The van der Waals surface area contributed by atoms with Crippen molar-refractivity contribution in [2.75, 3.05) is 26.2 Å². The topological polar surface area (TPSA) is 80.4 Å². The molecule has 0 N–H and O–H groups in total. The molecule has 2 fully saturated rings. The summed E-state index contributed by atoms with van der Waals surface area (Å²) in [6.45, 7) is 2.07. The Labute approximate surface area is 173 Å².